The third kappa shape index (κ3) is 5.28. The molecule has 0 unspecified atom stereocenters. The van der Waals surface area contributed by atoms with Crippen LogP contribution in [0.5, 0.6) is 0 Å². The minimum Gasteiger partial charge on any atom is -0.243 e. The predicted octanol–water partition coefficient (Wildman–Crippen LogP) is 1.91. The van der Waals surface area contributed by atoms with Gasteiger partial charge in [-0.25, -0.2) is 18.5 Å². The molecule has 1 radical (unpaired) electrons. The zero-order valence-corrected chi connectivity index (χ0v) is 11.3. The molecule has 0 saturated heterocycles. The van der Waals surface area contributed by atoms with Gasteiger partial charge < -0.3 is 0 Å². The maximum absolute atomic E-state index is 11.0. The van der Waals surface area contributed by atoms with Gasteiger partial charge >= 0.3 is 0 Å². The fraction of sp³-hybridized carbons (Fsp3) is 0.500. The van der Waals surface area contributed by atoms with Gasteiger partial charge in [-0.3, -0.25) is 0 Å². The van der Waals surface area contributed by atoms with E-state index in [4.69, 9.17) is 5.14 Å². The summed E-state index contributed by atoms with van der Waals surface area (Å²) in [5, 5.41) is 4.88. The molecule has 1 rings (SSSR count). The molecule has 0 bridgehead atoms. The fourth-order valence-electron chi connectivity index (χ4n) is 1.37. The number of sulfonamides is 1. The summed E-state index contributed by atoms with van der Waals surface area (Å²) in [4.78, 5) is 3.83. The van der Waals surface area contributed by atoms with E-state index in [0.29, 0.717) is 0 Å². The van der Waals surface area contributed by atoms with Gasteiger partial charge in [0.25, 0.3) is 10.0 Å². The van der Waals surface area contributed by atoms with Gasteiger partial charge in [0.15, 0.2) is 5.03 Å². The number of hydrogen-bond donors (Lipinski definition) is 1. The number of nitrogens with two attached hydrogens (primary N) is 1. The zero-order valence-electron chi connectivity index (χ0n) is 10.5. The Morgan fingerprint density at radius 2 is 2.00 bits per heavy atom. The molecule has 0 fully saturated rings. The van der Waals surface area contributed by atoms with Crippen LogP contribution in [0.4, 0.5) is 0 Å². The van der Waals surface area contributed by atoms with Crippen molar-refractivity contribution in [3.63, 3.8) is 0 Å². The first-order valence-corrected chi connectivity index (χ1v) is 7.02. The Hall–Kier alpha value is -0.940. The molecule has 1 aromatic rings. The van der Waals surface area contributed by atoms with Crippen LogP contribution in [0.3, 0.4) is 0 Å². The first-order valence-electron chi connectivity index (χ1n) is 5.48. The topological polar surface area (TPSA) is 73.1 Å². The van der Waals surface area contributed by atoms with Crippen molar-refractivity contribution < 1.29 is 8.42 Å². The van der Waals surface area contributed by atoms with E-state index in [1.165, 1.54) is 6.07 Å². The summed E-state index contributed by atoms with van der Waals surface area (Å²) >= 11 is 0. The molecule has 0 aliphatic carbocycles. The van der Waals surface area contributed by atoms with Crippen LogP contribution in [-0.4, -0.2) is 13.4 Å². The molecular formula is C12H19N2O2S. The van der Waals surface area contributed by atoms with Gasteiger partial charge in [-0.05, 0) is 36.3 Å². The lowest BCUT2D eigenvalue weighted by molar-refractivity contribution is 0.403. The molecule has 0 saturated carbocycles. The first kappa shape index (κ1) is 14.1. The normalized spacial score (nSPS) is 12.7. The van der Waals surface area contributed by atoms with Crippen LogP contribution in [0.25, 0.3) is 0 Å². The molecule has 1 heterocycles. The second kappa shape index (κ2) is 5.14. The smallest absolute Gasteiger partial charge is 0.243 e. The molecule has 0 aliphatic heterocycles. The molecule has 4 nitrogen and oxygen atoms in total. The molecule has 0 atom stereocenters. The first-order chi connectivity index (χ1) is 7.68. The highest BCUT2D eigenvalue weighted by molar-refractivity contribution is 7.89. The van der Waals surface area contributed by atoms with E-state index >= 15 is 0 Å². The summed E-state index contributed by atoms with van der Waals surface area (Å²) in [6, 6.07) is 3.18. The van der Waals surface area contributed by atoms with Gasteiger partial charge in [0, 0.05) is 6.20 Å². The Balaban J connectivity index is 2.58. The average molecular weight is 255 g/mol. The van der Waals surface area contributed by atoms with Crippen molar-refractivity contribution >= 4 is 10.0 Å². The van der Waals surface area contributed by atoms with Crippen LogP contribution in [0.2, 0.25) is 0 Å². The molecule has 2 N–H and O–H groups in total. The molecular weight excluding hydrogens is 236 g/mol. The highest BCUT2D eigenvalue weighted by Crippen LogP contribution is 2.21. The molecule has 0 aromatic carbocycles. The van der Waals surface area contributed by atoms with Crippen molar-refractivity contribution in [1.29, 1.82) is 0 Å². The van der Waals surface area contributed by atoms with E-state index < -0.39 is 10.0 Å². The minimum absolute atomic E-state index is 0.0860. The van der Waals surface area contributed by atoms with Crippen molar-refractivity contribution in [2.24, 2.45) is 10.6 Å². The number of aromatic nitrogens is 1. The second-order valence-corrected chi connectivity index (χ2v) is 6.82. The highest BCUT2D eigenvalue weighted by atomic mass is 32.2. The van der Waals surface area contributed by atoms with E-state index in [0.717, 1.165) is 18.4 Å². The van der Waals surface area contributed by atoms with Gasteiger partial charge in [0.1, 0.15) is 0 Å². The highest BCUT2D eigenvalue weighted by Gasteiger charge is 2.11. The van der Waals surface area contributed by atoms with Crippen LogP contribution < -0.4 is 5.14 Å². The van der Waals surface area contributed by atoms with Crippen LogP contribution in [0, 0.1) is 11.8 Å². The SMILES string of the molecule is CC(C)(C)C[CH]Cc1ccc(S(N)(=O)=O)nc1. The molecule has 95 valence electrons. The van der Waals surface area contributed by atoms with E-state index in [1.54, 1.807) is 12.3 Å². The molecule has 1 aromatic heterocycles. The summed E-state index contributed by atoms with van der Waals surface area (Å²) < 4.78 is 22.0. The van der Waals surface area contributed by atoms with Crippen LogP contribution in [0.15, 0.2) is 23.4 Å². The second-order valence-electron chi connectivity index (χ2n) is 5.31. The van der Waals surface area contributed by atoms with E-state index in [-0.39, 0.29) is 10.4 Å². The van der Waals surface area contributed by atoms with Crippen molar-refractivity contribution in [1.82, 2.24) is 4.98 Å². The maximum atomic E-state index is 11.0. The van der Waals surface area contributed by atoms with Gasteiger partial charge in [-0.2, -0.15) is 0 Å². The zero-order chi connectivity index (χ0) is 13.1. The number of nitrogens with zero attached hydrogens (tertiary/aromatic N) is 1. The third-order valence-electron chi connectivity index (χ3n) is 2.23. The van der Waals surface area contributed by atoms with Crippen molar-refractivity contribution in [3.05, 3.63) is 30.3 Å². The Morgan fingerprint density at radius 1 is 1.35 bits per heavy atom. The number of rotatable bonds is 4. The maximum Gasteiger partial charge on any atom is 0.255 e. The van der Waals surface area contributed by atoms with Gasteiger partial charge in [0.2, 0.25) is 0 Å². The summed E-state index contributed by atoms with van der Waals surface area (Å²) in [5.41, 5.74) is 1.26. The Bertz CT molecular complexity index is 458. The molecule has 0 aliphatic rings. The van der Waals surface area contributed by atoms with E-state index in [9.17, 15) is 8.42 Å². The fourth-order valence-corrected chi connectivity index (χ4v) is 1.83. The van der Waals surface area contributed by atoms with Crippen LogP contribution >= 0.6 is 0 Å². The Kier molecular flexibility index (Phi) is 4.27. The minimum atomic E-state index is -3.68. The number of primary sulfonamides is 1. The average Bonchev–Trinajstić information content (AvgIpc) is 2.15. The van der Waals surface area contributed by atoms with Gasteiger partial charge in [-0.15, -0.1) is 0 Å². The molecule has 5 heteroatoms. The summed E-state index contributed by atoms with van der Waals surface area (Å²) in [6.07, 6.45) is 5.52. The Labute approximate surface area is 103 Å². The van der Waals surface area contributed by atoms with Gasteiger partial charge in [0.05, 0.1) is 0 Å². The number of pyridine rings is 1. The van der Waals surface area contributed by atoms with Crippen LogP contribution in [0.1, 0.15) is 32.8 Å². The molecule has 17 heavy (non-hydrogen) atoms. The van der Waals surface area contributed by atoms with Crippen molar-refractivity contribution in [2.75, 3.05) is 0 Å². The van der Waals surface area contributed by atoms with Crippen molar-refractivity contribution in [2.45, 2.75) is 38.6 Å². The van der Waals surface area contributed by atoms with Gasteiger partial charge in [-0.1, -0.05) is 26.8 Å². The molecule has 0 spiro atoms. The third-order valence-corrected chi connectivity index (χ3v) is 3.05. The summed E-state index contributed by atoms with van der Waals surface area (Å²) in [6.45, 7) is 6.52. The number of hydrogen-bond acceptors (Lipinski definition) is 3. The van der Waals surface area contributed by atoms with Crippen LogP contribution in [-0.2, 0) is 16.4 Å². The Morgan fingerprint density at radius 3 is 2.41 bits per heavy atom. The van der Waals surface area contributed by atoms with E-state index in [2.05, 4.69) is 32.2 Å². The monoisotopic (exact) mass is 255 g/mol. The largest absolute Gasteiger partial charge is 0.255 e. The quantitative estimate of drug-likeness (QED) is 0.893. The van der Waals surface area contributed by atoms with E-state index in [1.807, 2.05) is 0 Å². The lowest BCUT2D eigenvalue weighted by atomic mass is 9.89. The standard InChI is InChI=1S/C12H19N2O2S/c1-12(2,3)8-4-5-10-6-7-11(14-9-10)17(13,15)16/h4,6-7,9H,5,8H2,1-3H3,(H2,13,15,16). The lowest BCUT2D eigenvalue weighted by Gasteiger charge is -2.17. The lowest BCUT2D eigenvalue weighted by Crippen LogP contribution is -2.13. The molecule has 0 amide bonds. The predicted molar refractivity (Wildman–Crippen MR) is 67.7 cm³/mol. The summed E-state index contributed by atoms with van der Waals surface area (Å²) in [7, 11) is -3.68. The van der Waals surface area contributed by atoms with Crippen molar-refractivity contribution in [3.8, 4) is 0 Å². The summed E-state index contributed by atoms with van der Waals surface area (Å²) in [5.74, 6) is 0.